The van der Waals surface area contributed by atoms with Crippen LogP contribution in [0.15, 0.2) is 30.3 Å². The number of rotatable bonds is 6. The highest BCUT2D eigenvalue weighted by atomic mass is 32.1. The van der Waals surface area contributed by atoms with Gasteiger partial charge in [-0.1, -0.05) is 37.3 Å². The second-order valence-electron chi connectivity index (χ2n) is 4.20. The van der Waals surface area contributed by atoms with Gasteiger partial charge in [-0.25, -0.2) is 4.79 Å². The maximum atomic E-state index is 12.2. The number of carbonyl (C=O) groups excluding carboxylic acids is 2. The van der Waals surface area contributed by atoms with E-state index in [9.17, 15) is 9.59 Å². The number of methoxy groups -OCH3 is 1. The first-order valence-electron chi connectivity index (χ1n) is 6.18. The minimum absolute atomic E-state index is 0.0971. The Morgan fingerprint density at radius 3 is 2.47 bits per heavy atom. The van der Waals surface area contributed by atoms with Gasteiger partial charge in [-0.2, -0.15) is 12.6 Å². The molecule has 0 bridgehead atoms. The van der Waals surface area contributed by atoms with Crippen molar-refractivity contribution in [3.8, 4) is 0 Å². The van der Waals surface area contributed by atoms with Crippen molar-refractivity contribution in [2.45, 2.75) is 31.1 Å². The largest absolute Gasteiger partial charge is 0.453 e. The molecule has 0 aliphatic rings. The van der Waals surface area contributed by atoms with Crippen LogP contribution in [-0.4, -0.2) is 30.3 Å². The zero-order valence-electron chi connectivity index (χ0n) is 11.1. The van der Waals surface area contributed by atoms with Crippen LogP contribution >= 0.6 is 12.6 Å². The van der Waals surface area contributed by atoms with Crippen LogP contribution in [-0.2, 0) is 16.0 Å². The molecule has 5 heteroatoms. The Balaban J connectivity index is 2.80. The van der Waals surface area contributed by atoms with Gasteiger partial charge in [-0.15, -0.1) is 0 Å². The number of ketones is 1. The van der Waals surface area contributed by atoms with Crippen LogP contribution in [0.5, 0.6) is 0 Å². The van der Waals surface area contributed by atoms with Gasteiger partial charge in [0.1, 0.15) is 0 Å². The van der Waals surface area contributed by atoms with E-state index in [0.29, 0.717) is 12.8 Å². The highest BCUT2D eigenvalue weighted by molar-refractivity contribution is 7.81. The van der Waals surface area contributed by atoms with Crippen LogP contribution in [0.3, 0.4) is 0 Å². The van der Waals surface area contributed by atoms with E-state index in [0.717, 1.165) is 5.56 Å². The maximum Gasteiger partial charge on any atom is 0.407 e. The van der Waals surface area contributed by atoms with E-state index in [1.165, 1.54) is 7.11 Å². The third kappa shape index (κ3) is 4.95. The second kappa shape index (κ2) is 7.84. The molecule has 0 aromatic heterocycles. The molecule has 0 radical (unpaired) electrons. The Kier molecular flexibility index (Phi) is 6.42. The molecule has 1 aromatic rings. The number of carbonyl (C=O) groups is 2. The molecule has 1 aromatic carbocycles. The zero-order valence-corrected chi connectivity index (χ0v) is 12.0. The average Bonchev–Trinajstić information content (AvgIpc) is 2.45. The highest BCUT2D eigenvalue weighted by Crippen LogP contribution is 2.10. The summed E-state index contributed by atoms with van der Waals surface area (Å²) in [5, 5.41) is 2.19. The van der Waals surface area contributed by atoms with E-state index in [-0.39, 0.29) is 11.0 Å². The number of Topliss-reactive ketones (excluding diaryl/α,β-unsaturated/α-hetero) is 1. The van der Waals surface area contributed by atoms with Crippen LogP contribution in [0.25, 0.3) is 0 Å². The quantitative estimate of drug-likeness (QED) is 0.786. The van der Waals surface area contributed by atoms with Crippen LogP contribution < -0.4 is 5.32 Å². The summed E-state index contributed by atoms with van der Waals surface area (Å²) in [6, 6.07) is 8.91. The number of hydrogen-bond donors (Lipinski definition) is 2. The van der Waals surface area contributed by atoms with E-state index in [2.05, 4.69) is 22.7 Å². The fourth-order valence-corrected chi connectivity index (χ4v) is 1.89. The molecular weight excluding hydrogens is 262 g/mol. The van der Waals surface area contributed by atoms with Crippen molar-refractivity contribution in [3.05, 3.63) is 35.9 Å². The SMILES string of the molecule is CCC(S)C(=O)[C@@H](Cc1ccccc1)NC(=O)OC. The molecule has 0 heterocycles. The van der Waals surface area contributed by atoms with Gasteiger partial charge in [0, 0.05) is 0 Å². The third-order valence-electron chi connectivity index (χ3n) is 2.82. The molecule has 0 saturated carbocycles. The molecule has 19 heavy (non-hydrogen) atoms. The zero-order chi connectivity index (χ0) is 14.3. The molecule has 0 fully saturated rings. The fourth-order valence-electron chi connectivity index (χ4n) is 1.71. The lowest BCUT2D eigenvalue weighted by molar-refractivity contribution is -0.120. The summed E-state index contributed by atoms with van der Waals surface area (Å²) in [4.78, 5) is 23.5. The van der Waals surface area contributed by atoms with Gasteiger partial charge in [0.15, 0.2) is 5.78 Å². The van der Waals surface area contributed by atoms with Crippen molar-refractivity contribution in [1.82, 2.24) is 5.32 Å². The van der Waals surface area contributed by atoms with E-state index in [1.54, 1.807) is 0 Å². The van der Waals surface area contributed by atoms with Crippen molar-refractivity contribution in [3.63, 3.8) is 0 Å². The first-order chi connectivity index (χ1) is 9.08. The molecule has 1 N–H and O–H groups in total. The van der Waals surface area contributed by atoms with Crippen molar-refractivity contribution in [2.24, 2.45) is 0 Å². The summed E-state index contributed by atoms with van der Waals surface area (Å²) in [5.74, 6) is -0.0971. The summed E-state index contributed by atoms with van der Waals surface area (Å²) in [5.41, 5.74) is 0.980. The lowest BCUT2D eigenvalue weighted by Crippen LogP contribution is -2.45. The normalized spacial score (nSPS) is 13.4. The van der Waals surface area contributed by atoms with Crippen molar-refractivity contribution < 1.29 is 14.3 Å². The summed E-state index contributed by atoms with van der Waals surface area (Å²) < 4.78 is 4.55. The average molecular weight is 281 g/mol. The molecule has 0 aliphatic heterocycles. The molecule has 1 rings (SSSR count). The third-order valence-corrected chi connectivity index (χ3v) is 3.44. The van der Waals surface area contributed by atoms with Crippen molar-refractivity contribution in [1.29, 1.82) is 0 Å². The Bertz CT molecular complexity index is 422. The van der Waals surface area contributed by atoms with Crippen LogP contribution in [0, 0.1) is 0 Å². The van der Waals surface area contributed by atoms with Gasteiger partial charge in [-0.3, -0.25) is 4.79 Å². The Labute approximate surface area is 118 Å². The molecule has 104 valence electrons. The van der Waals surface area contributed by atoms with Gasteiger partial charge in [0.2, 0.25) is 0 Å². The summed E-state index contributed by atoms with van der Waals surface area (Å²) >= 11 is 4.24. The molecular formula is C14H19NO3S. The monoisotopic (exact) mass is 281 g/mol. The van der Waals surface area contributed by atoms with Crippen molar-refractivity contribution >= 4 is 24.5 Å². The minimum Gasteiger partial charge on any atom is -0.453 e. The Morgan fingerprint density at radius 2 is 1.95 bits per heavy atom. The van der Waals surface area contributed by atoms with Gasteiger partial charge in [-0.05, 0) is 18.4 Å². The van der Waals surface area contributed by atoms with E-state index in [1.807, 2.05) is 37.3 Å². The van der Waals surface area contributed by atoms with Crippen molar-refractivity contribution in [2.75, 3.05) is 7.11 Å². The predicted molar refractivity (Wildman–Crippen MR) is 77.5 cm³/mol. The highest BCUT2D eigenvalue weighted by Gasteiger charge is 2.25. The Hall–Kier alpha value is -1.49. The van der Waals surface area contributed by atoms with Gasteiger partial charge < -0.3 is 10.1 Å². The van der Waals surface area contributed by atoms with Crippen LogP contribution in [0.4, 0.5) is 4.79 Å². The topological polar surface area (TPSA) is 55.4 Å². The molecule has 0 saturated heterocycles. The number of thiol groups is 1. The standard InChI is InChI=1S/C14H19NO3S/c1-3-12(19)13(16)11(15-14(17)18-2)9-10-7-5-4-6-8-10/h4-8,11-12,19H,3,9H2,1-2H3,(H,15,17)/t11-,12?/m1/s1. The summed E-state index contributed by atoms with van der Waals surface area (Å²) in [7, 11) is 1.28. The first-order valence-corrected chi connectivity index (χ1v) is 6.70. The van der Waals surface area contributed by atoms with Crippen LogP contribution in [0.2, 0.25) is 0 Å². The molecule has 1 unspecified atom stereocenters. The molecule has 0 aliphatic carbocycles. The van der Waals surface area contributed by atoms with E-state index < -0.39 is 12.1 Å². The predicted octanol–water partition coefficient (Wildman–Crippen LogP) is 2.23. The van der Waals surface area contributed by atoms with Gasteiger partial charge >= 0.3 is 6.09 Å². The first kappa shape index (κ1) is 15.6. The lowest BCUT2D eigenvalue weighted by Gasteiger charge is -2.19. The fraction of sp³-hybridized carbons (Fsp3) is 0.429. The number of amides is 1. The number of nitrogens with one attached hydrogen (secondary N) is 1. The minimum atomic E-state index is -0.614. The molecule has 4 nitrogen and oxygen atoms in total. The number of ether oxygens (including phenoxy) is 1. The van der Waals surface area contributed by atoms with Crippen LogP contribution in [0.1, 0.15) is 18.9 Å². The number of hydrogen-bond acceptors (Lipinski definition) is 4. The smallest absolute Gasteiger partial charge is 0.407 e. The number of benzene rings is 1. The summed E-state index contributed by atoms with van der Waals surface area (Å²) in [6.45, 7) is 1.88. The van der Waals surface area contributed by atoms with E-state index >= 15 is 0 Å². The van der Waals surface area contributed by atoms with E-state index in [4.69, 9.17) is 0 Å². The molecule has 1 amide bonds. The summed E-state index contributed by atoms with van der Waals surface area (Å²) in [6.07, 6.45) is 0.452. The van der Waals surface area contributed by atoms with Gasteiger partial charge in [0.25, 0.3) is 0 Å². The van der Waals surface area contributed by atoms with Gasteiger partial charge in [0.05, 0.1) is 18.4 Å². The number of alkyl carbamates (subject to hydrolysis) is 1. The lowest BCUT2D eigenvalue weighted by atomic mass is 9.99. The molecule has 2 atom stereocenters. The molecule has 0 spiro atoms. The maximum absolute atomic E-state index is 12.2. The second-order valence-corrected chi connectivity index (χ2v) is 4.83. The Morgan fingerprint density at radius 1 is 1.32 bits per heavy atom.